The van der Waals surface area contributed by atoms with Crippen LogP contribution in [0, 0.1) is 11.7 Å². The fraction of sp³-hybridized carbons (Fsp3) is 0.478. The van der Waals surface area contributed by atoms with Gasteiger partial charge in [0.25, 0.3) is 5.91 Å². The molecule has 1 unspecified atom stereocenters. The van der Waals surface area contributed by atoms with Crippen molar-refractivity contribution in [2.75, 3.05) is 0 Å². The van der Waals surface area contributed by atoms with Crippen LogP contribution >= 0.6 is 0 Å². The van der Waals surface area contributed by atoms with Crippen LogP contribution in [0.4, 0.5) is 4.39 Å². The topological polar surface area (TPSA) is 76.5 Å². The molecule has 29 heavy (non-hydrogen) atoms. The maximum Gasteiger partial charge on any atom is 0.290 e. The number of amides is 2. The van der Waals surface area contributed by atoms with Gasteiger partial charge in [-0.15, -0.1) is 0 Å². The van der Waals surface area contributed by atoms with Gasteiger partial charge in [-0.1, -0.05) is 43.9 Å². The van der Waals surface area contributed by atoms with Crippen molar-refractivity contribution in [3.05, 3.63) is 59.8 Å². The highest BCUT2D eigenvalue weighted by Gasteiger charge is 2.56. The van der Waals surface area contributed by atoms with Gasteiger partial charge in [-0.3, -0.25) is 9.59 Å². The molecule has 154 valence electrons. The zero-order valence-electron chi connectivity index (χ0n) is 16.5. The third kappa shape index (κ3) is 3.24. The smallest absolute Gasteiger partial charge is 0.290 e. The molecule has 2 aliphatic carbocycles. The molecule has 1 aromatic carbocycles. The van der Waals surface area contributed by atoms with E-state index in [-0.39, 0.29) is 23.3 Å². The third-order valence-corrected chi connectivity index (χ3v) is 6.63. The summed E-state index contributed by atoms with van der Waals surface area (Å²) in [6.07, 6.45) is 8.21. The average Bonchev–Trinajstić information content (AvgIpc) is 3.49. The maximum atomic E-state index is 15.2. The Hall–Kier alpha value is -2.63. The summed E-state index contributed by atoms with van der Waals surface area (Å²) in [5.74, 6) is -1.64. The minimum atomic E-state index is -1.53. The summed E-state index contributed by atoms with van der Waals surface area (Å²) in [6, 6.07) is 9.29. The van der Waals surface area contributed by atoms with E-state index < -0.39 is 23.2 Å². The molecule has 1 atom stereocenters. The van der Waals surface area contributed by atoms with Gasteiger partial charge in [-0.2, -0.15) is 0 Å². The molecule has 1 heterocycles. The molecular weight excluding hydrogens is 371 g/mol. The van der Waals surface area contributed by atoms with Crippen LogP contribution in [0.3, 0.4) is 0 Å². The number of benzene rings is 1. The van der Waals surface area contributed by atoms with Crippen LogP contribution in [0.25, 0.3) is 0 Å². The van der Waals surface area contributed by atoms with E-state index in [1.165, 1.54) is 12.3 Å². The number of carbonyl (C=O) groups is 2. The van der Waals surface area contributed by atoms with Crippen LogP contribution in [0.1, 0.15) is 67.5 Å². The number of rotatable bonds is 6. The molecule has 1 aromatic heterocycles. The van der Waals surface area contributed by atoms with Crippen LogP contribution in [0.15, 0.2) is 47.1 Å². The molecule has 2 N–H and O–H groups in total. The van der Waals surface area contributed by atoms with Crippen molar-refractivity contribution in [1.82, 2.24) is 4.90 Å². The molecule has 0 saturated heterocycles. The molecule has 0 radical (unpaired) electrons. The van der Waals surface area contributed by atoms with Crippen LogP contribution in [-0.4, -0.2) is 22.8 Å². The molecule has 2 aliphatic rings. The highest BCUT2D eigenvalue weighted by molar-refractivity contribution is 5.98. The Morgan fingerprint density at radius 1 is 1.00 bits per heavy atom. The van der Waals surface area contributed by atoms with Gasteiger partial charge in [-0.25, -0.2) is 4.39 Å². The fourth-order valence-corrected chi connectivity index (χ4v) is 5.41. The minimum Gasteiger partial charge on any atom is -0.459 e. The normalized spacial score (nSPS) is 19.9. The van der Waals surface area contributed by atoms with Gasteiger partial charge in [0.05, 0.1) is 6.26 Å². The van der Waals surface area contributed by atoms with Crippen molar-refractivity contribution < 1.29 is 18.4 Å². The predicted molar refractivity (Wildman–Crippen MR) is 106 cm³/mol. The second kappa shape index (κ2) is 8.01. The van der Waals surface area contributed by atoms with E-state index >= 15 is 4.39 Å². The standard InChI is InChI=1S/C23H27FN2O3/c24-19-13-6-5-12-18(19)23(22(25)28,16-8-1-2-9-16)26(17-10-3-4-11-17)21(27)20-14-7-15-29-20/h5-7,12-17H,1-4,8-11H2,(H2,25,28). The molecule has 2 amide bonds. The Labute approximate surface area is 170 Å². The fourth-order valence-electron chi connectivity index (χ4n) is 5.41. The van der Waals surface area contributed by atoms with Crippen molar-refractivity contribution in [2.45, 2.75) is 62.9 Å². The van der Waals surface area contributed by atoms with Crippen molar-refractivity contribution in [3.8, 4) is 0 Å². The van der Waals surface area contributed by atoms with Crippen LogP contribution in [0.2, 0.25) is 0 Å². The number of nitrogens with zero attached hydrogens (tertiary/aromatic N) is 1. The van der Waals surface area contributed by atoms with Crippen LogP contribution in [0.5, 0.6) is 0 Å². The van der Waals surface area contributed by atoms with Gasteiger partial charge in [0, 0.05) is 11.6 Å². The number of hydrogen-bond acceptors (Lipinski definition) is 3. The molecule has 5 nitrogen and oxygen atoms in total. The molecule has 4 rings (SSSR count). The number of halogens is 1. The number of nitrogens with two attached hydrogens (primary N) is 1. The van der Waals surface area contributed by atoms with Crippen molar-refractivity contribution in [2.24, 2.45) is 11.7 Å². The lowest BCUT2D eigenvalue weighted by Crippen LogP contribution is -2.63. The second-order valence-corrected chi connectivity index (χ2v) is 8.18. The third-order valence-electron chi connectivity index (χ3n) is 6.63. The Morgan fingerprint density at radius 3 is 2.24 bits per heavy atom. The van der Waals surface area contributed by atoms with Gasteiger partial charge < -0.3 is 15.1 Å². The Kier molecular flexibility index (Phi) is 5.43. The summed E-state index contributed by atoms with van der Waals surface area (Å²) in [4.78, 5) is 28.5. The largest absolute Gasteiger partial charge is 0.459 e. The van der Waals surface area contributed by atoms with Gasteiger partial charge in [0.1, 0.15) is 5.82 Å². The molecule has 0 aliphatic heterocycles. The van der Waals surface area contributed by atoms with E-state index in [1.54, 1.807) is 35.2 Å². The van der Waals surface area contributed by atoms with Crippen molar-refractivity contribution in [3.63, 3.8) is 0 Å². The lowest BCUT2D eigenvalue weighted by atomic mass is 9.73. The summed E-state index contributed by atoms with van der Waals surface area (Å²) in [6.45, 7) is 0. The maximum absolute atomic E-state index is 15.2. The first kappa shape index (κ1) is 19.7. The van der Waals surface area contributed by atoms with Gasteiger partial charge in [-0.05, 0) is 49.8 Å². The monoisotopic (exact) mass is 398 g/mol. The molecule has 2 saturated carbocycles. The quantitative estimate of drug-likeness (QED) is 0.785. The number of furan rings is 1. The van der Waals surface area contributed by atoms with E-state index in [0.717, 1.165) is 51.4 Å². The van der Waals surface area contributed by atoms with E-state index in [4.69, 9.17) is 10.2 Å². The van der Waals surface area contributed by atoms with Crippen LogP contribution < -0.4 is 5.73 Å². The summed E-state index contributed by atoms with van der Waals surface area (Å²) < 4.78 is 20.6. The Morgan fingerprint density at radius 2 is 1.66 bits per heavy atom. The SMILES string of the molecule is NC(=O)C(c1ccccc1F)(C1CCCC1)N(C(=O)c1ccco1)C1CCCC1. The summed E-state index contributed by atoms with van der Waals surface area (Å²) >= 11 is 0. The minimum absolute atomic E-state index is 0.150. The molecule has 6 heteroatoms. The Bertz CT molecular complexity index is 870. The zero-order valence-corrected chi connectivity index (χ0v) is 16.5. The number of carbonyl (C=O) groups excluding carboxylic acids is 2. The summed E-state index contributed by atoms with van der Waals surface area (Å²) in [7, 11) is 0. The van der Waals surface area contributed by atoms with E-state index in [9.17, 15) is 9.59 Å². The summed E-state index contributed by atoms with van der Waals surface area (Å²) in [5.41, 5.74) is 4.76. The first-order chi connectivity index (χ1) is 14.1. The molecule has 0 bridgehead atoms. The second-order valence-electron chi connectivity index (χ2n) is 8.18. The van der Waals surface area contributed by atoms with Crippen molar-refractivity contribution >= 4 is 11.8 Å². The van der Waals surface area contributed by atoms with E-state index in [1.807, 2.05) is 0 Å². The zero-order chi connectivity index (χ0) is 20.4. The van der Waals surface area contributed by atoms with Gasteiger partial charge in [0.2, 0.25) is 5.91 Å². The lowest BCUT2D eigenvalue weighted by molar-refractivity contribution is -0.135. The highest BCUT2D eigenvalue weighted by Crippen LogP contribution is 2.48. The first-order valence-corrected chi connectivity index (χ1v) is 10.5. The van der Waals surface area contributed by atoms with Crippen molar-refractivity contribution in [1.29, 1.82) is 0 Å². The van der Waals surface area contributed by atoms with Gasteiger partial charge in [0.15, 0.2) is 11.3 Å². The van der Waals surface area contributed by atoms with Crippen LogP contribution in [-0.2, 0) is 10.3 Å². The molecule has 0 spiro atoms. The number of primary amides is 1. The highest BCUT2D eigenvalue weighted by atomic mass is 19.1. The van der Waals surface area contributed by atoms with Gasteiger partial charge >= 0.3 is 0 Å². The average molecular weight is 398 g/mol. The number of hydrogen-bond donors (Lipinski definition) is 1. The summed E-state index contributed by atoms with van der Waals surface area (Å²) in [5, 5.41) is 0. The molecule has 2 fully saturated rings. The van der Waals surface area contributed by atoms with E-state index in [0.29, 0.717) is 0 Å². The predicted octanol–water partition coefficient (Wildman–Crippen LogP) is 4.37. The lowest BCUT2D eigenvalue weighted by Gasteiger charge is -2.48. The first-order valence-electron chi connectivity index (χ1n) is 10.5. The molecular formula is C23H27FN2O3. The van der Waals surface area contributed by atoms with E-state index in [2.05, 4.69) is 0 Å². The molecule has 2 aromatic rings. The Balaban J connectivity index is 1.96.